The molecule has 2 fully saturated rings. The van der Waals surface area contributed by atoms with Crippen LogP contribution in [0.2, 0.25) is 10.0 Å². The summed E-state index contributed by atoms with van der Waals surface area (Å²) in [5.74, 6) is -0.0244. The number of aliphatic hydroxyl groups excluding tert-OH is 1. The second-order valence-electron chi connectivity index (χ2n) is 10.6. The van der Waals surface area contributed by atoms with Gasteiger partial charge in [-0.25, -0.2) is 4.79 Å². The maximum atomic E-state index is 13.2. The molecule has 1 amide bonds. The molecule has 0 spiro atoms. The fraction of sp³-hybridized carbons (Fsp3) is 0.704. The van der Waals surface area contributed by atoms with Crippen molar-refractivity contribution >= 4 is 43.3 Å². The predicted octanol–water partition coefficient (Wildman–Crippen LogP) is 7.21. The largest absolute Gasteiger partial charge is 0.505 e. The molecule has 4 unspecified atom stereocenters. The number of esters is 1. The molecule has 2 aliphatic rings. The fourth-order valence-corrected chi connectivity index (χ4v) is 6.79. The summed E-state index contributed by atoms with van der Waals surface area (Å²) in [5.41, 5.74) is 0.666. The van der Waals surface area contributed by atoms with Crippen molar-refractivity contribution in [1.29, 1.82) is 0 Å². The van der Waals surface area contributed by atoms with Gasteiger partial charge in [0.25, 0.3) is 0 Å². The van der Waals surface area contributed by atoms with Crippen molar-refractivity contribution in [3.05, 3.63) is 33.8 Å². The van der Waals surface area contributed by atoms with Crippen LogP contribution in [0.4, 0.5) is 4.79 Å². The average Bonchev–Trinajstić information content (AvgIpc) is 2.89. The van der Waals surface area contributed by atoms with Crippen LogP contribution in [-0.2, 0) is 18.8 Å². The van der Waals surface area contributed by atoms with Crippen LogP contribution in [0, 0.1) is 17.8 Å². The molecule has 38 heavy (non-hydrogen) atoms. The van der Waals surface area contributed by atoms with Crippen LogP contribution in [-0.4, -0.2) is 46.1 Å². The van der Waals surface area contributed by atoms with E-state index in [1.807, 2.05) is 0 Å². The minimum absolute atomic E-state index is 0.164. The molecule has 2 N–H and O–H groups in total. The summed E-state index contributed by atoms with van der Waals surface area (Å²) < 4.78 is 21.8. The van der Waals surface area contributed by atoms with Gasteiger partial charge in [0.15, 0.2) is 6.16 Å². The average molecular weight is 591 g/mol. The Morgan fingerprint density at radius 2 is 1.76 bits per heavy atom. The van der Waals surface area contributed by atoms with E-state index >= 15 is 0 Å². The van der Waals surface area contributed by atoms with E-state index < -0.39 is 33.2 Å². The van der Waals surface area contributed by atoms with Gasteiger partial charge in [0, 0.05) is 5.92 Å². The van der Waals surface area contributed by atoms with Crippen LogP contribution >= 0.6 is 31.2 Å². The zero-order valence-corrected chi connectivity index (χ0v) is 24.3. The third-order valence-electron chi connectivity index (χ3n) is 7.84. The summed E-state index contributed by atoms with van der Waals surface area (Å²) in [7, 11) is -2.16. The number of hydrogen-bond donors (Lipinski definition) is 2. The molecule has 1 aromatic rings. The second kappa shape index (κ2) is 15.4. The Kier molecular flexibility index (Phi) is 12.6. The van der Waals surface area contributed by atoms with Gasteiger partial charge in [-0.05, 0) is 73.6 Å². The minimum Gasteiger partial charge on any atom is -0.428 e. The lowest BCUT2D eigenvalue weighted by atomic mass is 9.80. The highest BCUT2D eigenvalue weighted by atomic mass is 35.5. The van der Waals surface area contributed by atoms with Crippen molar-refractivity contribution < 1.29 is 33.6 Å². The summed E-state index contributed by atoms with van der Waals surface area (Å²) in [6.07, 6.45) is 7.70. The number of carbonyl (C=O) groups is 2. The first kappa shape index (κ1) is 31.1. The molecule has 0 aliphatic heterocycles. The molecule has 2 saturated carbocycles. The predicted molar refractivity (Wildman–Crippen MR) is 146 cm³/mol. The van der Waals surface area contributed by atoms with E-state index in [9.17, 15) is 24.2 Å². The first-order valence-corrected chi connectivity index (χ1v) is 15.7. The van der Waals surface area contributed by atoms with Gasteiger partial charge < -0.3 is 14.6 Å². The normalized spacial score (nSPS) is 22.3. The lowest BCUT2D eigenvalue weighted by molar-refractivity contribution is -0.159. The van der Waals surface area contributed by atoms with Crippen LogP contribution in [0.5, 0.6) is 0 Å². The number of aliphatic hydroxyl groups is 1. The number of carbonyl (C=O) groups excluding carboxylic acids is 2. The molecule has 212 valence electrons. The Morgan fingerprint density at radius 1 is 1.05 bits per heavy atom. The third-order valence-corrected chi connectivity index (χ3v) is 9.40. The Bertz CT molecular complexity index is 959. The molecular formula is C27H39Cl2NO7P+. The van der Waals surface area contributed by atoms with Crippen LogP contribution in [0.3, 0.4) is 0 Å². The third kappa shape index (κ3) is 9.34. The van der Waals surface area contributed by atoms with E-state index in [1.54, 1.807) is 25.1 Å². The zero-order chi connectivity index (χ0) is 27.7. The SMILES string of the molecule is C[C@@H](c1ccc(Cl)c(Cl)c1)N(C(=O)OCOC(=O)C1CCCCC1)C(O)CCC1CCCC(C[P+](=O)O)C1. The lowest BCUT2D eigenvalue weighted by Crippen LogP contribution is -2.43. The van der Waals surface area contributed by atoms with Crippen LogP contribution in [0.1, 0.15) is 89.2 Å². The van der Waals surface area contributed by atoms with E-state index in [2.05, 4.69) is 0 Å². The number of ether oxygens (including phenoxy) is 2. The smallest absolute Gasteiger partial charge is 0.428 e. The fourth-order valence-electron chi connectivity index (χ4n) is 5.71. The molecule has 5 atom stereocenters. The first-order chi connectivity index (χ1) is 18.2. The van der Waals surface area contributed by atoms with Gasteiger partial charge in [0.05, 0.1) is 22.0 Å². The van der Waals surface area contributed by atoms with Gasteiger partial charge in [-0.3, -0.25) is 9.69 Å². The molecule has 1 aromatic carbocycles. The quantitative estimate of drug-likeness (QED) is 0.159. The number of nitrogens with zero attached hydrogens (tertiary/aromatic N) is 1. The van der Waals surface area contributed by atoms with Crippen LogP contribution in [0.25, 0.3) is 0 Å². The highest BCUT2D eigenvalue weighted by Gasteiger charge is 2.33. The van der Waals surface area contributed by atoms with Crippen LogP contribution in [0.15, 0.2) is 18.2 Å². The van der Waals surface area contributed by atoms with Crippen molar-refractivity contribution in [2.24, 2.45) is 17.8 Å². The summed E-state index contributed by atoms with van der Waals surface area (Å²) >= 11 is 12.3. The molecule has 2 aliphatic carbocycles. The van der Waals surface area contributed by atoms with E-state index in [0.29, 0.717) is 40.5 Å². The van der Waals surface area contributed by atoms with Crippen molar-refractivity contribution in [2.45, 2.75) is 89.8 Å². The minimum atomic E-state index is -2.16. The molecule has 0 heterocycles. The topological polar surface area (TPSA) is 113 Å². The number of amides is 1. The molecule has 3 rings (SSSR count). The number of hydrogen-bond acceptors (Lipinski definition) is 6. The van der Waals surface area contributed by atoms with Crippen molar-refractivity contribution in [1.82, 2.24) is 4.90 Å². The van der Waals surface area contributed by atoms with Crippen molar-refractivity contribution in [3.8, 4) is 0 Å². The van der Waals surface area contributed by atoms with Gasteiger partial charge in [-0.15, -0.1) is 0 Å². The van der Waals surface area contributed by atoms with Gasteiger partial charge in [-0.2, -0.15) is 4.89 Å². The first-order valence-electron chi connectivity index (χ1n) is 13.5. The van der Waals surface area contributed by atoms with Gasteiger partial charge >= 0.3 is 20.1 Å². The van der Waals surface area contributed by atoms with Gasteiger partial charge in [0.2, 0.25) is 6.79 Å². The van der Waals surface area contributed by atoms with E-state index in [4.69, 9.17) is 32.7 Å². The highest BCUT2D eigenvalue weighted by molar-refractivity contribution is 7.38. The maximum absolute atomic E-state index is 13.2. The van der Waals surface area contributed by atoms with E-state index in [1.165, 1.54) is 4.90 Å². The van der Waals surface area contributed by atoms with Gasteiger partial charge in [0.1, 0.15) is 6.23 Å². The molecule has 11 heteroatoms. The summed E-state index contributed by atoms with van der Waals surface area (Å²) in [6.45, 7) is 1.24. The number of benzene rings is 1. The summed E-state index contributed by atoms with van der Waals surface area (Å²) in [5, 5.41) is 11.9. The summed E-state index contributed by atoms with van der Waals surface area (Å²) in [4.78, 5) is 36.0. The highest BCUT2D eigenvalue weighted by Crippen LogP contribution is 2.37. The number of rotatable bonds is 11. The Balaban J connectivity index is 1.63. The molecule has 0 bridgehead atoms. The molecular weight excluding hydrogens is 552 g/mol. The van der Waals surface area contributed by atoms with Crippen molar-refractivity contribution in [2.75, 3.05) is 13.0 Å². The second-order valence-corrected chi connectivity index (χ2v) is 12.5. The maximum Gasteiger partial charge on any atom is 0.505 e. The molecule has 0 saturated heterocycles. The van der Waals surface area contributed by atoms with Gasteiger partial charge in [-0.1, -0.05) is 61.4 Å². The summed E-state index contributed by atoms with van der Waals surface area (Å²) in [6, 6.07) is 4.41. The molecule has 8 nitrogen and oxygen atoms in total. The standard InChI is InChI=1S/C27H38Cl2NO7P/c1-18(22-11-12-23(28)24(29)15-22)30(27(33)37-17-36-26(32)21-8-3-2-4-9-21)25(31)13-10-19-6-5-7-20(14-19)16-38(34)35/h11-12,15,18-21,25,31H,2-10,13-14,16-17H2,1H3/p+1/t18-,19?,20?,25?/m0/s1. The number of halogens is 2. The Hall–Kier alpha value is -1.44. The zero-order valence-electron chi connectivity index (χ0n) is 21.9. The molecule has 0 radical (unpaired) electrons. The monoisotopic (exact) mass is 590 g/mol. The Morgan fingerprint density at radius 3 is 2.45 bits per heavy atom. The molecule has 0 aromatic heterocycles. The van der Waals surface area contributed by atoms with E-state index in [-0.39, 0.29) is 17.8 Å². The lowest BCUT2D eigenvalue weighted by Gasteiger charge is -2.34. The Labute approximate surface area is 235 Å². The van der Waals surface area contributed by atoms with Crippen LogP contribution < -0.4 is 0 Å². The van der Waals surface area contributed by atoms with Crippen molar-refractivity contribution in [3.63, 3.8) is 0 Å². The van der Waals surface area contributed by atoms with E-state index in [0.717, 1.165) is 57.8 Å².